The molecule has 0 amide bonds. The fourth-order valence-electron chi connectivity index (χ4n) is 1.83. The molecule has 1 atom stereocenters. The van der Waals surface area contributed by atoms with Crippen LogP contribution in [0, 0.1) is 0 Å². The molecule has 14 heavy (non-hydrogen) atoms. The van der Waals surface area contributed by atoms with Crippen molar-refractivity contribution >= 4 is 28.3 Å². The van der Waals surface area contributed by atoms with Crippen LogP contribution in [0.25, 0.3) is 0 Å². The van der Waals surface area contributed by atoms with Crippen LogP contribution in [0.1, 0.15) is 30.9 Å². The molecule has 1 aliphatic heterocycles. The highest BCUT2D eigenvalue weighted by Gasteiger charge is 2.13. The number of rotatable bonds is 1. The van der Waals surface area contributed by atoms with Gasteiger partial charge in [-0.05, 0) is 37.1 Å². The van der Waals surface area contributed by atoms with Gasteiger partial charge in [0.25, 0.3) is 0 Å². The molecule has 1 fully saturated rings. The highest BCUT2D eigenvalue weighted by Crippen LogP contribution is 2.23. The van der Waals surface area contributed by atoms with E-state index in [9.17, 15) is 0 Å². The minimum Gasteiger partial charge on any atom is -0.310 e. The molecule has 78 valence electrons. The molecule has 1 N–H and O–H groups in total. The van der Waals surface area contributed by atoms with Crippen molar-refractivity contribution in [2.45, 2.75) is 25.3 Å². The Bertz CT molecular complexity index is 267. The van der Waals surface area contributed by atoms with Crippen LogP contribution < -0.4 is 5.32 Å². The Morgan fingerprint density at radius 1 is 1.14 bits per heavy atom. The summed E-state index contributed by atoms with van der Waals surface area (Å²) in [5.41, 5.74) is 1.42. The van der Waals surface area contributed by atoms with E-state index < -0.39 is 0 Å². The maximum Gasteiger partial charge on any atom is 0.0320 e. The number of hydrogen-bond donors (Lipinski definition) is 1. The zero-order valence-electron chi connectivity index (χ0n) is 8.00. The normalized spacial score (nSPS) is 21.4. The number of hydrogen-bond acceptors (Lipinski definition) is 1. The second-order valence-electron chi connectivity index (χ2n) is 3.55. The summed E-state index contributed by atoms with van der Waals surface area (Å²) in [5.74, 6) is 0. The summed E-state index contributed by atoms with van der Waals surface area (Å²) in [4.78, 5) is 0. The minimum atomic E-state index is 0. The van der Waals surface area contributed by atoms with Crippen molar-refractivity contribution in [3.63, 3.8) is 0 Å². The summed E-state index contributed by atoms with van der Waals surface area (Å²) in [5, 5.41) is 3.54. The fraction of sp³-hybridized carbons (Fsp3) is 0.455. The Kier molecular flexibility index (Phi) is 4.93. The van der Waals surface area contributed by atoms with Gasteiger partial charge in [-0.2, -0.15) is 0 Å². The SMILES string of the molecule is Brc1ccc([C@H]2CCCCN2)cc1.Cl. The Hall–Kier alpha value is -0.0500. The first-order valence-electron chi connectivity index (χ1n) is 4.85. The molecule has 1 saturated heterocycles. The first kappa shape index (κ1) is 12.0. The molecular weight excluding hydrogens is 261 g/mol. The van der Waals surface area contributed by atoms with Crippen LogP contribution >= 0.6 is 28.3 Å². The number of halogens is 2. The quantitative estimate of drug-likeness (QED) is 0.825. The van der Waals surface area contributed by atoms with Gasteiger partial charge in [-0.15, -0.1) is 12.4 Å². The summed E-state index contributed by atoms with van der Waals surface area (Å²) in [6.45, 7) is 1.17. The molecule has 1 heterocycles. The molecular formula is C11H15BrClN. The van der Waals surface area contributed by atoms with E-state index in [4.69, 9.17) is 0 Å². The number of nitrogens with one attached hydrogen (secondary N) is 1. The van der Waals surface area contributed by atoms with Gasteiger partial charge in [-0.25, -0.2) is 0 Å². The Morgan fingerprint density at radius 2 is 1.86 bits per heavy atom. The number of piperidine rings is 1. The predicted octanol–water partition coefficient (Wildman–Crippen LogP) is 3.69. The van der Waals surface area contributed by atoms with Gasteiger partial charge >= 0.3 is 0 Å². The molecule has 2 rings (SSSR count). The van der Waals surface area contributed by atoms with Gasteiger partial charge in [0, 0.05) is 10.5 Å². The molecule has 0 radical (unpaired) electrons. The zero-order chi connectivity index (χ0) is 9.10. The third kappa shape index (κ3) is 2.97. The summed E-state index contributed by atoms with van der Waals surface area (Å²) in [7, 11) is 0. The highest BCUT2D eigenvalue weighted by molar-refractivity contribution is 9.10. The van der Waals surface area contributed by atoms with Crippen molar-refractivity contribution in [1.82, 2.24) is 5.32 Å². The van der Waals surface area contributed by atoms with Gasteiger partial charge < -0.3 is 5.32 Å². The predicted molar refractivity (Wildman–Crippen MR) is 66.0 cm³/mol. The largest absolute Gasteiger partial charge is 0.310 e. The van der Waals surface area contributed by atoms with Crippen LogP contribution in [0.4, 0.5) is 0 Å². The van der Waals surface area contributed by atoms with Crippen LogP contribution in [0.2, 0.25) is 0 Å². The summed E-state index contributed by atoms with van der Waals surface area (Å²) in [6.07, 6.45) is 3.96. The molecule has 0 aromatic heterocycles. The standard InChI is InChI=1S/C11H14BrN.ClH/c12-10-6-4-9(5-7-10)11-3-1-2-8-13-11;/h4-7,11,13H,1-3,8H2;1H/t11-;/m1./s1. The third-order valence-electron chi connectivity index (χ3n) is 2.58. The zero-order valence-corrected chi connectivity index (χ0v) is 10.4. The topological polar surface area (TPSA) is 12.0 Å². The molecule has 3 heteroatoms. The van der Waals surface area contributed by atoms with E-state index in [1.54, 1.807) is 0 Å². The molecule has 1 aromatic carbocycles. The van der Waals surface area contributed by atoms with E-state index in [0.717, 1.165) is 4.47 Å². The Balaban J connectivity index is 0.000000980. The molecule has 0 bridgehead atoms. The summed E-state index contributed by atoms with van der Waals surface area (Å²) < 4.78 is 1.16. The molecule has 1 aliphatic rings. The number of benzene rings is 1. The van der Waals surface area contributed by atoms with E-state index in [2.05, 4.69) is 45.5 Å². The molecule has 0 saturated carbocycles. The first-order chi connectivity index (χ1) is 6.36. The maximum atomic E-state index is 3.54. The van der Waals surface area contributed by atoms with Gasteiger partial charge in [-0.3, -0.25) is 0 Å². The highest BCUT2D eigenvalue weighted by atomic mass is 79.9. The van der Waals surface area contributed by atoms with Gasteiger partial charge in [0.2, 0.25) is 0 Å². The fourth-order valence-corrected chi connectivity index (χ4v) is 2.10. The van der Waals surface area contributed by atoms with Gasteiger partial charge in [0.15, 0.2) is 0 Å². The molecule has 0 unspecified atom stereocenters. The lowest BCUT2D eigenvalue weighted by atomic mass is 9.98. The second kappa shape index (κ2) is 5.74. The molecule has 1 nitrogen and oxygen atoms in total. The molecule has 0 spiro atoms. The van der Waals surface area contributed by atoms with Crippen LogP contribution in [-0.2, 0) is 0 Å². The Labute approximate surface area is 99.8 Å². The first-order valence-corrected chi connectivity index (χ1v) is 5.64. The van der Waals surface area contributed by atoms with Crippen LogP contribution in [0.5, 0.6) is 0 Å². The van der Waals surface area contributed by atoms with E-state index >= 15 is 0 Å². The average Bonchev–Trinajstić information content (AvgIpc) is 2.20. The smallest absolute Gasteiger partial charge is 0.0320 e. The van der Waals surface area contributed by atoms with Gasteiger partial charge in [0.1, 0.15) is 0 Å². The summed E-state index contributed by atoms with van der Waals surface area (Å²) in [6, 6.07) is 9.22. The third-order valence-corrected chi connectivity index (χ3v) is 3.11. The molecule has 1 aromatic rings. The second-order valence-corrected chi connectivity index (χ2v) is 4.47. The van der Waals surface area contributed by atoms with E-state index in [1.807, 2.05) is 0 Å². The van der Waals surface area contributed by atoms with Gasteiger partial charge in [-0.1, -0.05) is 34.5 Å². The summed E-state index contributed by atoms with van der Waals surface area (Å²) >= 11 is 3.45. The average molecular weight is 277 g/mol. The van der Waals surface area contributed by atoms with Crippen molar-refractivity contribution < 1.29 is 0 Å². The maximum absolute atomic E-state index is 3.54. The lowest BCUT2D eigenvalue weighted by Crippen LogP contribution is -2.26. The van der Waals surface area contributed by atoms with Crippen LogP contribution in [-0.4, -0.2) is 6.54 Å². The van der Waals surface area contributed by atoms with Crippen molar-refractivity contribution in [1.29, 1.82) is 0 Å². The van der Waals surface area contributed by atoms with Crippen LogP contribution in [0.3, 0.4) is 0 Å². The van der Waals surface area contributed by atoms with Crippen molar-refractivity contribution in [3.05, 3.63) is 34.3 Å². The lowest BCUT2D eigenvalue weighted by molar-refractivity contribution is 0.412. The minimum absolute atomic E-state index is 0. The van der Waals surface area contributed by atoms with Gasteiger partial charge in [0.05, 0.1) is 0 Å². The Morgan fingerprint density at radius 3 is 2.43 bits per heavy atom. The van der Waals surface area contributed by atoms with Crippen molar-refractivity contribution in [3.8, 4) is 0 Å². The monoisotopic (exact) mass is 275 g/mol. The van der Waals surface area contributed by atoms with Crippen molar-refractivity contribution in [2.24, 2.45) is 0 Å². The lowest BCUT2D eigenvalue weighted by Gasteiger charge is -2.23. The van der Waals surface area contributed by atoms with E-state index in [-0.39, 0.29) is 12.4 Å². The van der Waals surface area contributed by atoms with E-state index in [1.165, 1.54) is 31.4 Å². The van der Waals surface area contributed by atoms with E-state index in [0.29, 0.717) is 6.04 Å². The van der Waals surface area contributed by atoms with Crippen LogP contribution in [0.15, 0.2) is 28.7 Å². The van der Waals surface area contributed by atoms with Crippen molar-refractivity contribution in [2.75, 3.05) is 6.54 Å². The molecule has 0 aliphatic carbocycles.